The number of nitrogens with two attached hydrogens (primary N) is 2. The van der Waals surface area contributed by atoms with Crippen LogP contribution in [0.4, 0.5) is 5.69 Å². The second-order valence-corrected chi connectivity index (χ2v) is 2.95. The predicted octanol–water partition coefficient (Wildman–Crippen LogP) is 2.11. The monoisotopic (exact) mass is 182 g/mol. The van der Waals surface area contributed by atoms with Crippen molar-refractivity contribution in [2.75, 3.05) is 5.73 Å². The van der Waals surface area contributed by atoms with Gasteiger partial charge in [-0.05, 0) is 23.8 Å². The van der Waals surface area contributed by atoms with Crippen LogP contribution in [0, 0.1) is 0 Å². The quantitative estimate of drug-likeness (QED) is 0.544. The van der Waals surface area contributed by atoms with Crippen LogP contribution in [0.5, 0.6) is 0 Å². The minimum atomic E-state index is -0.249. The van der Waals surface area contributed by atoms with Crippen molar-refractivity contribution in [2.45, 2.75) is 6.04 Å². The van der Waals surface area contributed by atoms with E-state index in [0.717, 1.165) is 5.56 Å². The van der Waals surface area contributed by atoms with Crippen LogP contribution < -0.4 is 11.5 Å². The molecule has 0 aliphatic carbocycles. The number of halogens is 1. The molecule has 0 aromatic heterocycles. The average Bonchev–Trinajstić information content (AvgIpc) is 2.08. The Hall–Kier alpha value is -0.990. The van der Waals surface area contributed by atoms with E-state index < -0.39 is 0 Å². The molecule has 0 saturated heterocycles. The second kappa shape index (κ2) is 3.61. The Kier molecular flexibility index (Phi) is 2.74. The Balaban J connectivity index is 3.12. The number of anilines is 1. The lowest BCUT2D eigenvalue weighted by Crippen LogP contribution is -2.07. The van der Waals surface area contributed by atoms with E-state index in [1.165, 1.54) is 0 Å². The average molecular weight is 183 g/mol. The van der Waals surface area contributed by atoms with Crippen LogP contribution in [0.25, 0.3) is 0 Å². The van der Waals surface area contributed by atoms with Crippen molar-refractivity contribution in [3.05, 3.63) is 41.4 Å². The maximum Gasteiger partial charge on any atom is 0.0494 e. The fraction of sp³-hybridized carbons (Fsp3) is 0.111. The van der Waals surface area contributed by atoms with E-state index in [-0.39, 0.29) is 6.04 Å². The lowest BCUT2D eigenvalue weighted by atomic mass is 10.1. The first-order valence-electron chi connectivity index (χ1n) is 3.58. The van der Waals surface area contributed by atoms with Crippen LogP contribution in [0.15, 0.2) is 30.9 Å². The van der Waals surface area contributed by atoms with E-state index in [4.69, 9.17) is 23.1 Å². The molecular formula is C9H11ClN2. The predicted molar refractivity (Wildman–Crippen MR) is 53.0 cm³/mol. The van der Waals surface area contributed by atoms with Gasteiger partial charge < -0.3 is 11.5 Å². The summed E-state index contributed by atoms with van der Waals surface area (Å²) in [5.41, 5.74) is 12.7. The molecule has 1 aromatic carbocycles. The first kappa shape index (κ1) is 9.10. The molecule has 0 amide bonds. The molecule has 0 unspecified atom stereocenters. The summed E-state index contributed by atoms with van der Waals surface area (Å²) in [4.78, 5) is 0. The molecular weight excluding hydrogens is 172 g/mol. The lowest BCUT2D eigenvalue weighted by Gasteiger charge is -2.09. The van der Waals surface area contributed by atoms with E-state index in [0.29, 0.717) is 10.7 Å². The Bertz CT molecular complexity index is 297. The standard InChI is InChI=1S/C9H11ClN2/c1-2-9(12)7-5-6(11)3-4-8(7)10/h2-5,9H,1,11-12H2/t9-/m1/s1. The fourth-order valence-electron chi connectivity index (χ4n) is 0.945. The molecule has 64 valence electrons. The minimum absolute atomic E-state index is 0.249. The van der Waals surface area contributed by atoms with Crippen LogP contribution in [0.1, 0.15) is 11.6 Å². The van der Waals surface area contributed by atoms with E-state index in [2.05, 4.69) is 6.58 Å². The molecule has 0 saturated carbocycles. The van der Waals surface area contributed by atoms with Gasteiger partial charge in [0.1, 0.15) is 0 Å². The highest BCUT2D eigenvalue weighted by molar-refractivity contribution is 6.31. The Morgan fingerprint density at radius 3 is 2.75 bits per heavy atom. The summed E-state index contributed by atoms with van der Waals surface area (Å²) in [5, 5.41) is 0.622. The van der Waals surface area contributed by atoms with E-state index in [1.807, 2.05) is 0 Å². The van der Waals surface area contributed by atoms with Gasteiger partial charge in [0.05, 0.1) is 0 Å². The lowest BCUT2D eigenvalue weighted by molar-refractivity contribution is 0.915. The van der Waals surface area contributed by atoms with Gasteiger partial charge in [0.15, 0.2) is 0 Å². The molecule has 0 radical (unpaired) electrons. The van der Waals surface area contributed by atoms with Crippen molar-refractivity contribution < 1.29 is 0 Å². The molecule has 12 heavy (non-hydrogen) atoms. The fourth-order valence-corrected chi connectivity index (χ4v) is 1.19. The Labute approximate surface area is 76.8 Å². The van der Waals surface area contributed by atoms with Crippen molar-refractivity contribution in [1.82, 2.24) is 0 Å². The van der Waals surface area contributed by atoms with Gasteiger partial charge in [0, 0.05) is 16.8 Å². The van der Waals surface area contributed by atoms with Gasteiger partial charge in [-0.3, -0.25) is 0 Å². The maximum atomic E-state index is 5.89. The highest BCUT2D eigenvalue weighted by Gasteiger charge is 2.05. The van der Waals surface area contributed by atoms with Crippen LogP contribution >= 0.6 is 11.6 Å². The van der Waals surface area contributed by atoms with Crippen molar-refractivity contribution in [1.29, 1.82) is 0 Å². The van der Waals surface area contributed by atoms with Crippen molar-refractivity contribution in [3.8, 4) is 0 Å². The van der Waals surface area contributed by atoms with Gasteiger partial charge >= 0.3 is 0 Å². The number of hydrogen-bond acceptors (Lipinski definition) is 2. The number of rotatable bonds is 2. The zero-order chi connectivity index (χ0) is 9.14. The molecule has 1 atom stereocenters. The summed E-state index contributed by atoms with van der Waals surface area (Å²) in [6, 6.07) is 4.98. The minimum Gasteiger partial charge on any atom is -0.399 e. The summed E-state index contributed by atoms with van der Waals surface area (Å²) < 4.78 is 0. The molecule has 4 N–H and O–H groups in total. The molecule has 0 heterocycles. The molecule has 0 aliphatic heterocycles. The number of benzene rings is 1. The van der Waals surface area contributed by atoms with Crippen LogP contribution in [0.2, 0.25) is 5.02 Å². The first-order valence-corrected chi connectivity index (χ1v) is 3.96. The maximum absolute atomic E-state index is 5.89. The van der Waals surface area contributed by atoms with Crippen molar-refractivity contribution in [3.63, 3.8) is 0 Å². The van der Waals surface area contributed by atoms with Gasteiger partial charge in [-0.1, -0.05) is 17.7 Å². The SMILES string of the molecule is C=C[C@@H](N)c1cc(N)ccc1Cl. The molecule has 3 heteroatoms. The van der Waals surface area contributed by atoms with Gasteiger partial charge in [-0.15, -0.1) is 6.58 Å². The molecule has 2 nitrogen and oxygen atoms in total. The molecule has 0 spiro atoms. The van der Waals surface area contributed by atoms with Gasteiger partial charge in [-0.25, -0.2) is 0 Å². The molecule has 0 fully saturated rings. The number of hydrogen-bond donors (Lipinski definition) is 2. The summed E-state index contributed by atoms with van der Waals surface area (Å²) in [7, 11) is 0. The third-order valence-electron chi connectivity index (χ3n) is 1.63. The highest BCUT2D eigenvalue weighted by atomic mass is 35.5. The van der Waals surface area contributed by atoms with Gasteiger partial charge in [-0.2, -0.15) is 0 Å². The van der Waals surface area contributed by atoms with Crippen molar-refractivity contribution >= 4 is 17.3 Å². The van der Waals surface area contributed by atoms with Crippen LogP contribution in [0.3, 0.4) is 0 Å². The topological polar surface area (TPSA) is 52.0 Å². The van der Waals surface area contributed by atoms with E-state index in [1.54, 1.807) is 24.3 Å². The van der Waals surface area contributed by atoms with Gasteiger partial charge in [0.2, 0.25) is 0 Å². The molecule has 0 aliphatic rings. The van der Waals surface area contributed by atoms with E-state index >= 15 is 0 Å². The normalized spacial score (nSPS) is 12.5. The summed E-state index contributed by atoms with van der Waals surface area (Å²) in [6.45, 7) is 3.58. The molecule has 0 bridgehead atoms. The summed E-state index contributed by atoms with van der Waals surface area (Å²) >= 11 is 5.89. The zero-order valence-corrected chi connectivity index (χ0v) is 7.38. The van der Waals surface area contributed by atoms with Crippen molar-refractivity contribution in [2.24, 2.45) is 5.73 Å². The van der Waals surface area contributed by atoms with E-state index in [9.17, 15) is 0 Å². The Morgan fingerprint density at radius 1 is 1.50 bits per heavy atom. The van der Waals surface area contributed by atoms with Crippen LogP contribution in [-0.2, 0) is 0 Å². The molecule has 1 rings (SSSR count). The number of nitrogen functional groups attached to an aromatic ring is 1. The smallest absolute Gasteiger partial charge is 0.0494 e. The summed E-state index contributed by atoms with van der Waals surface area (Å²) in [6.07, 6.45) is 1.63. The first-order chi connectivity index (χ1) is 5.65. The largest absolute Gasteiger partial charge is 0.399 e. The third kappa shape index (κ3) is 1.78. The van der Waals surface area contributed by atoms with Crippen LogP contribution in [-0.4, -0.2) is 0 Å². The van der Waals surface area contributed by atoms with Gasteiger partial charge in [0.25, 0.3) is 0 Å². The summed E-state index contributed by atoms with van der Waals surface area (Å²) in [5.74, 6) is 0. The Morgan fingerprint density at radius 2 is 2.17 bits per heavy atom. The zero-order valence-electron chi connectivity index (χ0n) is 6.63. The third-order valence-corrected chi connectivity index (χ3v) is 1.98. The second-order valence-electron chi connectivity index (χ2n) is 2.54. The highest BCUT2D eigenvalue weighted by Crippen LogP contribution is 2.24. The molecule has 1 aromatic rings.